The van der Waals surface area contributed by atoms with Gasteiger partial charge in [0.15, 0.2) is 11.5 Å². The lowest BCUT2D eigenvalue weighted by Crippen LogP contribution is -2.37. The minimum atomic E-state index is -0.726. The summed E-state index contributed by atoms with van der Waals surface area (Å²) >= 11 is 0. The zero-order chi connectivity index (χ0) is 26.0. The molecule has 1 amide bonds. The van der Waals surface area contributed by atoms with Crippen molar-refractivity contribution < 1.29 is 24.2 Å². The molecule has 1 aromatic heterocycles. The van der Waals surface area contributed by atoms with Gasteiger partial charge >= 0.3 is 0 Å². The smallest absolute Gasteiger partial charge is 0.295 e. The van der Waals surface area contributed by atoms with Gasteiger partial charge in [-0.15, -0.1) is 0 Å². The molecule has 0 radical (unpaired) electrons. The summed E-state index contributed by atoms with van der Waals surface area (Å²) in [5.74, 6) is -0.275. The molecule has 8 heteroatoms. The highest BCUT2D eigenvalue weighted by Gasteiger charge is 2.46. The maximum Gasteiger partial charge on any atom is 0.295 e. The van der Waals surface area contributed by atoms with Gasteiger partial charge in [0.05, 0.1) is 25.3 Å². The fraction of sp³-hybridized carbons (Fsp3) is 0.500. The molecule has 0 saturated carbocycles. The number of ketones is 1. The number of nitrogens with one attached hydrogen (secondary N) is 1. The van der Waals surface area contributed by atoms with Crippen LogP contribution < -0.4 is 9.47 Å². The molecule has 2 aromatic rings. The Bertz CT molecular complexity index is 1180. The number of aryl methyl sites for hydroxylation is 2. The third kappa shape index (κ3) is 4.74. The zero-order valence-electron chi connectivity index (χ0n) is 21.9. The SMILES string of the molecule is CCCOc1ccc(C2/C(=C(\O)c3c(C)[nH]c(C)c3C)C(=O)C(=O)N2CCN2CCCC2)cc1OC. The molecule has 2 aliphatic heterocycles. The Morgan fingerprint density at radius 3 is 2.42 bits per heavy atom. The van der Waals surface area contributed by atoms with Crippen LogP contribution in [-0.4, -0.2) is 71.5 Å². The Balaban J connectivity index is 1.82. The van der Waals surface area contributed by atoms with E-state index in [1.54, 1.807) is 24.1 Å². The molecule has 3 heterocycles. The Morgan fingerprint density at radius 2 is 1.81 bits per heavy atom. The number of aromatic amines is 1. The second-order valence-electron chi connectivity index (χ2n) is 9.67. The first kappa shape index (κ1) is 25.8. The molecule has 194 valence electrons. The van der Waals surface area contributed by atoms with E-state index in [0.717, 1.165) is 49.3 Å². The van der Waals surface area contributed by atoms with Crippen molar-refractivity contribution in [1.29, 1.82) is 0 Å². The summed E-state index contributed by atoms with van der Waals surface area (Å²) < 4.78 is 11.4. The lowest BCUT2D eigenvalue weighted by atomic mass is 9.94. The van der Waals surface area contributed by atoms with Crippen molar-refractivity contribution in [3.05, 3.63) is 51.9 Å². The van der Waals surface area contributed by atoms with Gasteiger partial charge < -0.3 is 29.4 Å². The van der Waals surface area contributed by atoms with Crippen LogP contribution in [0.2, 0.25) is 0 Å². The van der Waals surface area contributed by atoms with E-state index in [9.17, 15) is 14.7 Å². The van der Waals surface area contributed by atoms with Crippen LogP contribution in [0, 0.1) is 20.8 Å². The Morgan fingerprint density at radius 1 is 1.08 bits per heavy atom. The molecule has 2 aliphatic rings. The molecule has 2 N–H and O–H groups in total. The molecule has 0 spiro atoms. The molecule has 4 rings (SSSR count). The van der Waals surface area contributed by atoms with E-state index in [1.165, 1.54) is 0 Å². The van der Waals surface area contributed by atoms with Crippen LogP contribution >= 0.6 is 0 Å². The van der Waals surface area contributed by atoms with Gasteiger partial charge in [-0.1, -0.05) is 13.0 Å². The number of hydrogen-bond donors (Lipinski definition) is 2. The van der Waals surface area contributed by atoms with E-state index in [2.05, 4.69) is 9.88 Å². The summed E-state index contributed by atoms with van der Waals surface area (Å²) in [7, 11) is 1.57. The van der Waals surface area contributed by atoms with E-state index < -0.39 is 17.7 Å². The van der Waals surface area contributed by atoms with Gasteiger partial charge in [-0.25, -0.2) is 0 Å². The fourth-order valence-electron chi connectivity index (χ4n) is 5.29. The number of aliphatic hydroxyl groups excluding tert-OH is 1. The van der Waals surface area contributed by atoms with E-state index in [-0.39, 0.29) is 11.3 Å². The summed E-state index contributed by atoms with van der Waals surface area (Å²) in [4.78, 5) is 33.9. The third-order valence-corrected chi connectivity index (χ3v) is 7.29. The summed E-state index contributed by atoms with van der Waals surface area (Å²) in [5, 5.41) is 11.5. The van der Waals surface area contributed by atoms with Crippen molar-refractivity contribution in [2.45, 2.75) is 53.0 Å². The number of Topliss-reactive ketones (excluding diaryl/α,β-unsaturated/α-hetero) is 1. The number of H-pyrrole nitrogens is 1. The van der Waals surface area contributed by atoms with Crippen molar-refractivity contribution >= 4 is 17.4 Å². The monoisotopic (exact) mass is 495 g/mol. The van der Waals surface area contributed by atoms with Gasteiger partial charge in [-0.05, 0) is 76.4 Å². The number of aromatic nitrogens is 1. The number of amides is 1. The predicted octanol–water partition coefficient (Wildman–Crippen LogP) is 4.25. The first-order valence-corrected chi connectivity index (χ1v) is 12.8. The molecule has 8 nitrogen and oxygen atoms in total. The quantitative estimate of drug-likeness (QED) is 0.307. The third-order valence-electron chi connectivity index (χ3n) is 7.29. The highest BCUT2D eigenvalue weighted by atomic mass is 16.5. The van der Waals surface area contributed by atoms with Crippen molar-refractivity contribution in [3.63, 3.8) is 0 Å². The topological polar surface area (TPSA) is 95.1 Å². The van der Waals surface area contributed by atoms with E-state index >= 15 is 0 Å². The number of carbonyl (C=O) groups is 2. The maximum atomic E-state index is 13.4. The van der Waals surface area contributed by atoms with Gasteiger partial charge in [0.25, 0.3) is 11.7 Å². The van der Waals surface area contributed by atoms with Crippen molar-refractivity contribution in [2.75, 3.05) is 39.9 Å². The van der Waals surface area contributed by atoms with Gasteiger partial charge in [0, 0.05) is 30.0 Å². The lowest BCUT2D eigenvalue weighted by molar-refractivity contribution is -0.140. The normalized spacial score (nSPS) is 19.9. The van der Waals surface area contributed by atoms with Crippen LogP contribution in [0.15, 0.2) is 23.8 Å². The van der Waals surface area contributed by atoms with Gasteiger partial charge in [-0.2, -0.15) is 0 Å². The molecule has 0 aliphatic carbocycles. The lowest BCUT2D eigenvalue weighted by Gasteiger charge is -2.28. The second kappa shape index (κ2) is 10.8. The highest BCUT2D eigenvalue weighted by molar-refractivity contribution is 6.46. The zero-order valence-corrected chi connectivity index (χ0v) is 21.9. The van der Waals surface area contributed by atoms with E-state index in [0.29, 0.717) is 42.3 Å². The number of likely N-dealkylation sites (tertiary alicyclic amines) is 2. The molecule has 0 bridgehead atoms. The van der Waals surface area contributed by atoms with Crippen LogP contribution in [0.5, 0.6) is 11.5 Å². The van der Waals surface area contributed by atoms with Gasteiger partial charge in [0.2, 0.25) is 0 Å². The molecule has 2 saturated heterocycles. The fourth-order valence-corrected chi connectivity index (χ4v) is 5.29. The summed E-state index contributed by atoms with van der Waals surface area (Å²) in [6.07, 6.45) is 3.14. The number of ether oxygens (including phenoxy) is 2. The van der Waals surface area contributed by atoms with Gasteiger partial charge in [0.1, 0.15) is 5.76 Å². The average Bonchev–Trinajstić information content (AvgIpc) is 3.54. The van der Waals surface area contributed by atoms with Crippen molar-refractivity contribution in [3.8, 4) is 11.5 Å². The van der Waals surface area contributed by atoms with E-state index in [4.69, 9.17) is 9.47 Å². The number of rotatable bonds is 9. The number of nitrogens with zero attached hydrogens (tertiary/aromatic N) is 2. The summed E-state index contributed by atoms with van der Waals surface area (Å²) in [6.45, 7) is 11.3. The number of aliphatic hydroxyl groups is 1. The minimum absolute atomic E-state index is 0.107. The van der Waals surface area contributed by atoms with Crippen LogP contribution in [0.25, 0.3) is 5.76 Å². The summed E-state index contributed by atoms with van der Waals surface area (Å²) in [6, 6.07) is 4.74. The molecule has 1 atom stereocenters. The number of carbonyl (C=O) groups excluding carboxylic acids is 2. The summed E-state index contributed by atoms with van der Waals surface area (Å²) in [5.41, 5.74) is 3.90. The second-order valence-corrected chi connectivity index (χ2v) is 9.67. The Labute approximate surface area is 212 Å². The van der Waals surface area contributed by atoms with Gasteiger partial charge in [-0.3, -0.25) is 9.59 Å². The molecule has 1 unspecified atom stereocenters. The average molecular weight is 496 g/mol. The Kier molecular flexibility index (Phi) is 7.73. The Hall–Kier alpha value is -3.26. The first-order chi connectivity index (χ1) is 17.3. The molecule has 2 fully saturated rings. The van der Waals surface area contributed by atoms with E-state index in [1.807, 2.05) is 33.8 Å². The van der Waals surface area contributed by atoms with Crippen LogP contribution in [0.1, 0.15) is 60.3 Å². The molecular weight excluding hydrogens is 458 g/mol. The molecule has 1 aromatic carbocycles. The maximum absolute atomic E-state index is 13.4. The van der Waals surface area contributed by atoms with Crippen LogP contribution in [-0.2, 0) is 9.59 Å². The van der Waals surface area contributed by atoms with Crippen molar-refractivity contribution in [1.82, 2.24) is 14.8 Å². The van der Waals surface area contributed by atoms with Crippen molar-refractivity contribution in [2.24, 2.45) is 0 Å². The van der Waals surface area contributed by atoms with Crippen LogP contribution in [0.4, 0.5) is 0 Å². The predicted molar refractivity (Wildman–Crippen MR) is 138 cm³/mol. The first-order valence-electron chi connectivity index (χ1n) is 12.8. The highest BCUT2D eigenvalue weighted by Crippen LogP contribution is 2.43. The molecular formula is C28H37N3O5. The number of hydrogen-bond acceptors (Lipinski definition) is 6. The standard InChI is InChI=1S/C28H37N3O5/c1-6-15-36-21-10-9-20(16-22(21)35-5)25-24(26(32)23-17(2)18(3)29-19(23)4)27(33)28(34)31(25)14-13-30-11-7-8-12-30/h9-10,16,25,29,32H,6-8,11-15H2,1-5H3/b26-24+. The minimum Gasteiger partial charge on any atom is -0.507 e. The molecule has 36 heavy (non-hydrogen) atoms. The largest absolute Gasteiger partial charge is 0.507 e. The van der Waals surface area contributed by atoms with Crippen LogP contribution in [0.3, 0.4) is 0 Å². The number of methoxy groups -OCH3 is 1. The number of benzene rings is 1.